The van der Waals surface area contributed by atoms with Gasteiger partial charge in [-0.1, -0.05) is 119 Å². The maximum absolute atomic E-state index is 13.1. The Hall–Kier alpha value is -4.88. The van der Waals surface area contributed by atoms with Crippen molar-refractivity contribution in [2.45, 2.75) is 77.6 Å². The highest BCUT2D eigenvalue weighted by molar-refractivity contribution is 6.32. The molecule has 0 spiro atoms. The molecule has 5 aromatic rings. The molecule has 0 aromatic heterocycles. The summed E-state index contributed by atoms with van der Waals surface area (Å²) in [6.45, 7) is 1.83. The van der Waals surface area contributed by atoms with E-state index >= 15 is 0 Å². The SMILES string of the molecule is CCCCCCCCCCCCOc1ccc(Oc2ccc(OC(=O)c3ccc4cc(-c5ccc(CC(=O)OCF)cc5)ccc4c3)c(Cl)c2)cc1. The van der Waals surface area contributed by atoms with Crippen LogP contribution >= 0.6 is 11.6 Å². The molecular formula is C44H46ClFO6. The molecule has 0 heterocycles. The lowest BCUT2D eigenvalue weighted by Gasteiger charge is -2.11. The molecule has 0 bridgehead atoms. The molecule has 0 radical (unpaired) electrons. The van der Waals surface area contributed by atoms with Gasteiger partial charge in [-0.2, -0.15) is 0 Å². The molecule has 0 atom stereocenters. The van der Waals surface area contributed by atoms with Crippen molar-refractivity contribution in [3.05, 3.63) is 119 Å². The lowest BCUT2D eigenvalue weighted by Crippen LogP contribution is -2.08. The average Bonchev–Trinajstić information content (AvgIpc) is 3.15. The lowest BCUT2D eigenvalue weighted by molar-refractivity contribution is -0.146. The second-order valence-electron chi connectivity index (χ2n) is 12.9. The van der Waals surface area contributed by atoms with Gasteiger partial charge in [0.25, 0.3) is 0 Å². The minimum atomic E-state index is -1.13. The van der Waals surface area contributed by atoms with Gasteiger partial charge in [0.2, 0.25) is 6.86 Å². The number of carbonyl (C=O) groups is 2. The quantitative estimate of drug-likeness (QED) is 0.0452. The molecule has 5 aromatic carbocycles. The molecule has 272 valence electrons. The van der Waals surface area contributed by atoms with Crippen LogP contribution in [-0.2, 0) is 16.0 Å². The van der Waals surface area contributed by atoms with Gasteiger partial charge in [0.15, 0.2) is 0 Å². The summed E-state index contributed by atoms with van der Waals surface area (Å²) in [7, 11) is 0. The summed E-state index contributed by atoms with van der Waals surface area (Å²) in [5.41, 5.74) is 3.05. The zero-order valence-electron chi connectivity index (χ0n) is 29.7. The molecule has 0 amide bonds. The number of benzene rings is 5. The number of alkyl halides is 1. The first-order valence-corrected chi connectivity index (χ1v) is 18.6. The first-order chi connectivity index (χ1) is 25.4. The standard InChI is InChI=1S/C44H46ClFO6/c1-2-3-4-5-6-7-8-9-10-11-26-49-38-20-22-39(23-21-38)51-40-24-25-42(41(45)30-40)52-44(48)37-19-18-35-28-34(16-17-36(35)29-37)33-14-12-32(13-15-33)27-43(47)50-31-46/h12-25,28-30H,2-11,26-27,31H2,1H3. The van der Waals surface area contributed by atoms with Crippen molar-refractivity contribution in [1.82, 2.24) is 0 Å². The van der Waals surface area contributed by atoms with E-state index < -0.39 is 18.8 Å². The van der Waals surface area contributed by atoms with Crippen LogP contribution in [0.1, 0.15) is 87.1 Å². The van der Waals surface area contributed by atoms with E-state index in [1.165, 1.54) is 57.8 Å². The first-order valence-electron chi connectivity index (χ1n) is 18.2. The molecule has 0 aliphatic rings. The number of hydrogen-bond acceptors (Lipinski definition) is 6. The number of fused-ring (bicyclic) bond motifs is 1. The molecule has 8 heteroatoms. The normalized spacial score (nSPS) is 11.0. The van der Waals surface area contributed by atoms with Gasteiger partial charge in [-0.25, -0.2) is 9.18 Å². The maximum atomic E-state index is 13.1. The first kappa shape index (κ1) is 38.4. The van der Waals surface area contributed by atoms with Crippen molar-refractivity contribution < 1.29 is 32.9 Å². The van der Waals surface area contributed by atoms with E-state index in [0.29, 0.717) is 23.7 Å². The number of esters is 2. The number of hydrogen-bond donors (Lipinski definition) is 0. The summed E-state index contributed by atoms with van der Waals surface area (Å²) in [5.74, 6) is 1.05. The van der Waals surface area contributed by atoms with Gasteiger partial charge < -0.3 is 18.9 Å². The molecule has 5 rings (SSSR count). The van der Waals surface area contributed by atoms with Crippen LogP contribution in [0.4, 0.5) is 4.39 Å². The summed E-state index contributed by atoms with van der Waals surface area (Å²) >= 11 is 6.49. The smallest absolute Gasteiger partial charge is 0.343 e. The van der Waals surface area contributed by atoms with Crippen molar-refractivity contribution in [1.29, 1.82) is 0 Å². The van der Waals surface area contributed by atoms with Crippen molar-refractivity contribution >= 4 is 34.3 Å². The van der Waals surface area contributed by atoms with Crippen molar-refractivity contribution in [3.8, 4) is 34.1 Å². The summed E-state index contributed by atoms with van der Waals surface area (Å²) in [6, 6.07) is 31.1. The third kappa shape index (κ3) is 11.8. The Morgan fingerprint density at radius 1 is 0.635 bits per heavy atom. The van der Waals surface area contributed by atoms with Crippen molar-refractivity contribution in [2.75, 3.05) is 13.5 Å². The monoisotopic (exact) mass is 724 g/mol. The Balaban J connectivity index is 1.07. The zero-order valence-corrected chi connectivity index (χ0v) is 30.5. The Kier molecular flexibility index (Phi) is 14.9. The Morgan fingerprint density at radius 2 is 1.25 bits per heavy atom. The van der Waals surface area contributed by atoms with Gasteiger partial charge in [-0.3, -0.25) is 4.79 Å². The van der Waals surface area contributed by atoms with Crippen molar-refractivity contribution in [3.63, 3.8) is 0 Å². The largest absolute Gasteiger partial charge is 0.494 e. The fourth-order valence-corrected chi connectivity index (χ4v) is 6.16. The summed E-state index contributed by atoms with van der Waals surface area (Å²) < 4.78 is 34.1. The molecule has 6 nitrogen and oxygen atoms in total. The van der Waals surface area contributed by atoms with Gasteiger partial charge in [0, 0.05) is 6.07 Å². The van der Waals surface area contributed by atoms with Gasteiger partial charge in [-0.15, -0.1) is 0 Å². The molecule has 0 N–H and O–H groups in total. The predicted octanol–water partition coefficient (Wildman–Crippen LogP) is 12.5. The van der Waals surface area contributed by atoms with Crippen LogP contribution < -0.4 is 14.2 Å². The van der Waals surface area contributed by atoms with E-state index in [1.54, 1.807) is 30.3 Å². The highest BCUT2D eigenvalue weighted by Crippen LogP contribution is 2.33. The summed E-state index contributed by atoms with van der Waals surface area (Å²) in [5, 5.41) is 2.06. The fourth-order valence-electron chi connectivity index (χ4n) is 5.95. The Morgan fingerprint density at radius 3 is 1.94 bits per heavy atom. The van der Waals surface area contributed by atoms with E-state index in [0.717, 1.165) is 39.6 Å². The van der Waals surface area contributed by atoms with Crippen LogP contribution in [0.15, 0.2) is 103 Å². The zero-order chi connectivity index (χ0) is 36.5. The second-order valence-corrected chi connectivity index (χ2v) is 13.3. The van der Waals surface area contributed by atoms with E-state index in [2.05, 4.69) is 11.7 Å². The Bertz CT molecular complexity index is 1890. The summed E-state index contributed by atoms with van der Waals surface area (Å²) in [6.07, 6.45) is 12.9. The van der Waals surface area contributed by atoms with E-state index in [4.69, 9.17) is 25.8 Å². The van der Waals surface area contributed by atoms with Gasteiger partial charge in [0.05, 0.1) is 23.6 Å². The van der Waals surface area contributed by atoms with Gasteiger partial charge in [-0.05, 0) is 88.5 Å². The number of ether oxygens (including phenoxy) is 4. The van der Waals surface area contributed by atoms with Crippen LogP contribution in [0.2, 0.25) is 5.02 Å². The maximum Gasteiger partial charge on any atom is 0.343 e. The van der Waals surface area contributed by atoms with Crippen molar-refractivity contribution in [2.24, 2.45) is 0 Å². The van der Waals surface area contributed by atoms with Crippen LogP contribution in [0, 0.1) is 0 Å². The van der Waals surface area contributed by atoms with E-state index in [9.17, 15) is 14.0 Å². The van der Waals surface area contributed by atoms with Crippen LogP contribution in [-0.4, -0.2) is 25.4 Å². The number of unbranched alkanes of at least 4 members (excludes halogenated alkanes) is 9. The topological polar surface area (TPSA) is 71.1 Å². The van der Waals surface area contributed by atoms with Gasteiger partial charge >= 0.3 is 11.9 Å². The van der Waals surface area contributed by atoms with E-state index in [1.807, 2.05) is 72.8 Å². The third-order valence-electron chi connectivity index (χ3n) is 8.86. The molecule has 0 fully saturated rings. The van der Waals surface area contributed by atoms with Crippen LogP contribution in [0.25, 0.3) is 21.9 Å². The minimum Gasteiger partial charge on any atom is -0.494 e. The molecule has 52 heavy (non-hydrogen) atoms. The van der Waals surface area contributed by atoms with Crippen LogP contribution in [0.3, 0.4) is 0 Å². The molecule has 0 saturated carbocycles. The number of carbonyl (C=O) groups excluding carboxylic acids is 2. The third-order valence-corrected chi connectivity index (χ3v) is 9.15. The highest BCUT2D eigenvalue weighted by atomic mass is 35.5. The van der Waals surface area contributed by atoms with Crippen LogP contribution in [0.5, 0.6) is 23.0 Å². The van der Waals surface area contributed by atoms with E-state index in [-0.39, 0.29) is 17.2 Å². The average molecular weight is 725 g/mol. The Labute approximate surface area is 310 Å². The molecule has 0 aliphatic heterocycles. The number of rotatable bonds is 20. The predicted molar refractivity (Wildman–Crippen MR) is 205 cm³/mol. The summed E-state index contributed by atoms with van der Waals surface area (Å²) in [4.78, 5) is 24.6. The highest BCUT2D eigenvalue weighted by Gasteiger charge is 2.14. The second kappa shape index (κ2) is 20.2. The molecule has 0 saturated heterocycles. The fraction of sp³-hybridized carbons (Fsp3) is 0.318. The lowest BCUT2D eigenvalue weighted by atomic mass is 9.99. The number of halogens is 2. The molecular weight excluding hydrogens is 679 g/mol. The molecule has 0 unspecified atom stereocenters. The minimum absolute atomic E-state index is 0.00803. The molecule has 0 aliphatic carbocycles. The van der Waals surface area contributed by atoms with Gasteiger partial charge in [0.1, 0.15) is 23.0 Å².